The topological polar surface area (TPSA) is 75.3 Å². The third kappa shape index (κ3) is 5.26. The maximum atomic E-state index is 13.3. The second-order valence-corrected chi connectivity index (χ2v) is 8.81. The minimum Gasteiger partial charge on any atom is -0.348 e. The van der Waals surface area contributed by atoms with Crippen LogP contribution in [-0.2, 0) is 16.6 Å². The Hall–Kier alpha value is -1.48. The molecule has 0 heterocycles. The molecule has 0 aromatic heterocycles. The fraction of sp³-hybridized carbons (Fsp3) is 0.235. The molecule has 0 aliphatic rings. The van der Waals surface area contributed by atoms with Gasteiger partial charge >= 0.3 is 0 Å². The maximum Gasteiger partial charge on any atom is 0.253 e. The van der Waals surface area contributed by atoms with Gasteiger partial charge in [-0.2, -0.15) is 0 Å². The number of hydrogen-bond donors (Lipinski definition) is 2. The SMILES string of the molecule is CC(C)NS(=O)(=O)c1ccc(Cl)c(C(=O)NCc2cc(F)ccc2Br)c1. The molecule has 9 heteroatoms. The lowest BCUT2D eigenvalue weighted by atomic mass is 10.2. The number of halogens is 3. The summed E-state index contributed by atoms with van der Waals surface area (Å²) in [6.45, 7) is 3.44. The van der Waals surface area contributed by atoms with Crippen LogP contribution in [0.25, 0.3) is 0 Å². The van der Waals surface area contributed by atoms with E-state index in [0.29, 0.717) is 10.0 Å². The molecule has 0 aliphatic heterocycles. The average Bonchev–Trinajstić information content (AvgIpc) is 2.54. The molecule has 2 aromatic carbocycles. The molecular formula is C17H17BrClFN2O3S. The van der Waals surface area contributed by atoms with Gasteiger partial charge in [-0.15, -0.1) is 0 Å². The molecule has 0 aliphatic carbocycles. The summed E-state index contributed by atoms with van der Waals surface area (Å²) in [4.78, 5) is 12.4. The van der Waals surface area contributed by atoms with Crippen LogP contribution in [0.4, 0.5) is 4.39 Å². The van der Waals surface area contributed by atoms with Gasteiger partial charge in [-0.3, -0.25) is 4.79 Å². The lowest BCUT2D eigenvalue weighted by Crippen LogP contribution is -2.30. The van der Waals surface area contributed by atoms with Gasteiger partial charge in [0.15, 0.2) is 0 Å². The van der Waals surface area contributed by atoms with E-state index < -0.39 is 21.7 Å². The van der Waals surface area contributed by atoms with Crippen molar-refractivity contribution in [3.63, 3.8) is 0 Å². The van der Waals surface area contributed by atoms with Crippen molar-refractivity contribution >= 4 is 43.5 Å². The summed E-state index contributed by atoms with van der Waals surface area (Å²) in [7, 11) is -3.76. The summed E-state index contributed by atoms with van der Waals surface area (Å²) in [5, 5.41) is 2.72. The highest BCUT2D eigenvalue weighted by molar-refractivity contribution is 9.10. The fourth-order valence-corrected chi connectivity index (χ4v) is 4.04. The van der Waals surface area contributed by atoms with Crippen LogP contribution in [-0.4, -0.2) is 20.4 Å². The standard InChI is InChI=1S/C17H17BrClFN2O3S/c1-10(2)22-26(24,25)13-4-6-16(19)14(8-13)17(23)21-9-11-7-12(20)3-5-15(11)18/h3-8,10,22H,9H2,1-2H3,(H,21,23). The number of benzene rings is 2. The first kappa shape index (κ1) is 20.8. The number of carbonyl (C=O) groups is 1. The first-order chi connectivity index (χ1) is 12.1. The average molecular weight is 464 g/mol. The smallest absolute Gasteiger partial charge is 0.253 e. The van der Waals surface area contributed by atoms with Crippen molar-refractivity contribution in [1.82, 2.24) is 10.0 Å². The Bertz CT molecular complexity index is 936. The summed E-state index contributed by atoms with van der Waals surface area (Å²) in [5.74, 6) is -0.990. The van der Waals surface area contributed by atoms with Gasteiger partial charge < -0.3 is 5.32 Å². The van der Waals surface area contributed by atoms with Gasteiger partial charge in [-0.25, -0.2) is 17.5 Å². The second-order valence-electron chi connectivity index (χ2n) is 5.84. The normalized spacial score (nSPS) is 11.6. The highest BCUT2D eigenvalue weighted by Gasteiger charge is 2.19. The van der Waals surface area contributed by atoms with Crippen molar-refractivity contribution in [2.45, 2.75) is 31.3 Å². The van der Waals surface area contributed by atoms with E-state index in [2.05, 4.69) is 26.0 Å². The van der Waals surface area contributed by atoms with Crippen LogP contribution in [0.5, 0.6) is 0 Å². The van der Waals surface area contributed by atoms with Gasteiger partial charge in [0.05, 0.1) is 15.5 Å². The highest BCUT2D eigenvalue weighted by Crippen LogP contribution is 2.22. The minimum atomic E-state index is -3.76. The number of sulfonamides is 1. The molecular weight excluding hydrogens is 447 g/mol. The van der Waals surface area contributed by atoms with Crippen molar-refractivity contribution in [3.05, 3.63) is 62.8 Å². The number of rotatable bonds is 6. The quantitative estimate of drug-likeness (QED) is 0.683. The Morgan fingerprint density at radius 2 is 1.92 bits per heavy atom. The molecule has 0 saturated carbocycles. The summed E-state index contributed by atoms with van der Waals surface area (Å²) >= 11 is 9.32. The van der Waals surface area contributed by atoms with Crippen LogP contribution < -0.4 is 10.0 Å². The van der Waals surface area contributed by atoms with E-state index in [1.165, 1.54) is 36.4 Å². The molecule has 0 saturated heterocycles. The van der Waals surface area contributed by atoms with Crippen molar-refractivity contribution < 1.29 is 17.6 Å². The van der Waals surface area contributed by atoms with E-state index in [9.17, 15) is 17.6 Å². The zero-order valence-electron chi connectivity index (χ0n) is 14.0. The fourth-order valence-electron chi connectivity index (χ4n) is 2.17. The molecule has 0 atom stereocenters. The summed E-state index contributed by atoms with van der Waals surface area (Å²) in [6.07, 6.45) is 0. The molecule has 2 rings (SSSR count). The lowest BCUT2D eigenvalue weighted by molar-refractivity contribution is 0.0950. The molecule has 0 radical (unpaired) electrons. The van der Waals surface area contributed by atoms with Crippen molar-refractivity contribution in [2.24, 2.45) is 0 Å². The van der Waals surface area contributed by atoms with E-state index in [1.54, 1.807) is 13.8 Å². The van der Waals surface area contributed by atoms with Crippen LogP contribution in [0, 0.1) is 5.82 Å². The Morgan fingerprint density at radius 1 is 1.23 bits per heavy atom. The molecule has 26 heavy (non-hydrogen) atoms. The predicted molar refractivity (Wildman–Crippen MR) is 102 cm³/mol. The predicted octanol–water partition coefficient (Wildman–Crippen LogP) is 3.86. The third-order valence-corrected chi connectivity index (χ3v) is 6.09. The molecule has 0 unspecified atom stereocenters. The van der Waals surface area contributed by atoms with Crippen molar-refractivity contribution in [3.8, 4) is 0 Å². The van der Waals surface area contributed by atoms with E-state index in [0.717, 1.165) is 0 Å². The van der Waals surface area contributed by atoms with Gasteiger partial charge in [0.25, 0.3) is 5.91 Å². The van der Waals surface area contributed by atoms with Crippen molar-refractivity contribution in [2.75, 3.05) is 0 Å². The molecule has 140 valence electrons. The maximum absolute atomic E-state index is 13.3. The van der Waals surface area contributed by atoms with Crippen LogP contribution in [0.2, 0.25) is 5.02 Å². The lowest BCUT2D eigenvalue weighted by Gasteiger charge is -2.12. The highest BCUT2D eigenvalue weighted by atomic mass is 79.9. The number of nitrogens with one attached hydrogen (secondary N) is 2. The summed E-state index contributed by atoms with van der Waals surface area (Å²) in [5.41, 5.74) is 0.561. The van der Waals surface area contributed by atoms with E-state index >= 15 is 0 Å². The van der Waals surface area contributed by atoms with Crippen molar-refractivity contribution in [1.29, 1.82) is 0 Å². The van der Waals surface area contributed by atoms with Gasteiger partial charge in [0.2, 0.25) is 10.0 Å². The zero-order chi connectivity index (χ0) is 19.5. The second kappa shape index (κ2) is 8.47. The number of carbonyl (C=O) groups excluding carboxylic acids is 1. The molecule has 2 aromatic rings. The monoisotopic (exact) mass is 462 g/mol. The Kier molecular flexibility index (Phi) is 6.79. The van der Waals surface area contributed by atoms with Gasteiger partial charge in [-0.05, 0) is 55.8 Å². The number of hydrogen-bond acceptors (Lipinski definition) is 3. The largest absolute Gasteiger partial charge is 0.348 e. The Labute approximate surface area is 165 Å². The molecule has 1 amide bonds. The van der Waals surface area contributed by atoms with Gasteiger partial charge in [0, 0.05) is 17.1 Å². The third-order valence-electron chi connectivity index (χ3n) is 3.33. The first-order valence-corrected chi connectivity index (χ1v) is 10.3. The molecule has 0 fully saturated rings. The van der Waals surface area contributed by atoms with E-state index in [4.69, 9.17) is 11.6 Å². The summed E-state index contributed by atoms with van der Waals surface area (Å²) < 4.78 is 40.9. The van der Waals surface area contributed by atoms with E-state index in [1.807, 2.05) is 0 Å². The molecule has 2 N–H and O–H groups in total. The molecule has 0 bridgehead atoms. The first-order valence-electron chi connectivity index (χ1n) is 7.64. The van der Waals surface area contributed by atoms with Crippen LogP contribution >= 0.6 is 27.5 Å². The minimum absolute atomic E-state index is 0.0193. The number of amides is 1. The Morgan fingerprint density at radius 3 is 2.58 bits per heavy atom. The van der Waals surface area contributed by atoms with E-state index in [-0.39, 0.29) is 28.1 Å². The van der Waals surface area contributed by atoms with Crippen LogP contribution in [0.1, 0.15) is 29.8 Å². The summed E-state index contributed by atoms with van der Waals surface area (Å²) in [6, 6.07) is 7.72. The zero-order valence-corrected chi connectivity index (χ0v) is 17.2. The van der Waals surface area contributed by atoms with Crippen LogP contribution in [0.15, 0.2) is 45.8 Å². The molecule has 5 nitrogen and oxygen atoms in total. The molecule has 0 spiro atoms. The van der Waals surface area contributed by atoms with Gasteiger partial charge in [-0.1, -0.05) is 27.5 Å². The van der Waals surface area contributed by atoms with Gasteiger partial charge in [0.1, 0.15) is 5.82 Å². The Balaban J connectivity index is 2.23. The van der Waals surface area contributed by atoms with Crippen LogP contribution in [0.3, 0.4) is 0 Å².